The number of amides is 1. The van der Waals surface area contributed by atoms with Crippen LogP contribution in [-0.4, -0.2) is 37.2 Å². The Balaban J connectivity index is 1.54. The third kappa shape index (κ3) is 2.20. The van der Waals surface area contributed by atoms with Crippen molar-refractivity contribution in [1.82, 2.24) is 10.2 Å². The number of piperidine rings is 1. The molecule has 2 aliphatic heterocycles. The highest BCUT2D eigenvalue weighted by Gasteiger charge is 2.40. The van der Waals surface area contributed by atoms with E-state index < -0.39 is 0 Å². The maximum Gasteiger partial charge on any atom is 0.415 e. The Morgan fingerprint density at radius 1 is 1.17 bits per heavy atom. The van der Waals surface area contributed by atoms with E-state index in [1.807, 2.05) is 23.1 Å². The second kappa shape index (κ2) is 4.61. The number of benzene rings is 1. The smallest absolute Gasteiger partial charge is 0.410 e. The minimum Gasteiger partial charge on any atom is -0.410 e. The Morgan fingerprint density at radius 3 is 2.39 bits per heavy atom. The number of nitrogens with one attached hydrogen (secondary N) is 1. The van der Waals surface area contributed by atoms with Crippen LogP contribution in [0.4, 0.5) is 4.79 Å². The fraction of sp³-hybridized carbons (Fsp3) is 0.500. The SMILES string of the molecule is O=C(Oc1ccccc1)N1CCC2(CC1)CNC2. The van der Waals surface area contributed by atoms with Crippen LogP contribution in [0.5, 0.6) is 5.75 Å². The maximum absolute atomic E-state index is 12.0. The highest BCUT2D eigenvalue weighted by atomic mass is 16.6. The zero-order valence-electron chi connectivity index (χ0n) is 10.4. The Labute approximate surface area is 107 Å². The minimum absolute atomic E-state index is 0.219. The van der Waals surface area contributed by atoms with Gasteiger partial charge in [0, 0.05) is 26.2 Å². The lowest BCUT2D eigenvalue weighted by Gasteiger charge is -2.47. The number of hydrogen-bond donors (Lipinski definition) is 1. The average Bonchev–Trinajstić information content (AvgIpc) is 2.38. The summed E-state index contributed by atoms with van der Waals surface area (Å²) in [5.74, 6) is 0.619. The summed E-state index contributed by atoms with van der Waals surface area (Å²) in [5.41, 5.74) is 0.462. The molecule has 0 aliphatic carbocycles. The Morgan fingerprint density at radius 2 is 1.83 bits per heavy atom. The zero-order valence-corrected chi connectivity index (χ0v) is 10.4. The third-order valence-electron chi connectivity index (χ3n) is 4.03. The second-order valence-corrected chi connectivity index (χ2v) is 5.27. The summed E-state index contributed by atoms with van der Waals surface area (Å²) >= 11 is 0. The minimum atomic E-state index is -0.219. The highest BCUT2D eigenvalue weighted by molar-refractivity contribution is 5.70. The van der Waals surface area contributed by atoms with E-state index in [9.17, 15) is 4.79 Å². The van der Waals surface area contributed by atoms with Crippen LogP contribution in [0, 0.1) is 5.41 Å². The predicted molar refractivity (Wildman–Crippen MR) is 68.6 cm³/mol. The molecule has 0 radical (unpaired) electrons. The summed E-state index contributed by atoms with van der Waals surface area (Å²) < 4.78 is 5.35. The van der Waals surface area contributed by atoms with Crippen LogP contribution >= 0.6 is 0 Å². The molecule has 2 heterocycles. The first-order valence-corrected chi connectivity index (χ1v) is 6.50. The van der Waals surface area contributed by atoms with E-state index in [2.05, 4.69) is 5.32 Å². The van der Waals surface area contributed by atoms with Gasteiger partial charge in [0.15, 0.2) is 0 Å². The van der Waals surface area contributed by atoms with Gasteiger partial charge in [-0.1, -0.05) is 18.2 Å². The largest absolute Gasteiger partial charge is 0.415 e. The van der Waals surface area contributed by atoms with Crippen molar-refractivity contribution in [2.75, 3.05) is 26.2 Å². The van der Waals surface area contributed by atoms with Crippen LogP contribution in [0.1, 0.15) is 12.8 Å². The molecule has 1 N–H and O–H groups in total. The van der Waals surface area contributed by atoms with E-state index in [1.54, 1.807) is 12.1 Å². The summed E-state index contributed by atoms with van der Waals surface area (Å²) in [7, 11) is 0. The standard InChI is InChI=1S/C14H18N2O2/c17-13(18-12-4-2-1-3-5-12)16-8-6-14(7-9-16)10-15-11-14/h1-5,15H,6-11H2. The number of para-hydroxylation sites is 1. The molecule has 1 aromatic rings. The van der Waals surface area contributed by atoms with Gasteiger partial charge in [-0.05, 0) is 30.4 Å². The molecule has 0 saturated carbocycles. The van der Waals surface area contributed by atoms with E-state index in [0.29, 0.717) is 11.2 Å². The first kappa shape index (κ1) is 11.5. The molecule has 2 aliphatic rings. The van der Waals surface area contributed by atoms with Crippen molar-refractivity contribution in [1.29, 1.82) is 0 Å². The third-order valence-corrected chi connectivity index (χ3v) is 4.03. The van der Waals surface area contributed by atoms with Gasteiger partial charge in [-0.25, -0.2) is 4.79 Å². The summed E-state index contributed by atoms with van der Waals surface area (Å²) in [4.78, 5) is 13.8. The molecule has 4 nitrogen and oxygen atoms in total. The fourth-order valence-electron chi connectivity index (χ4n) is 2.65. The number of carbonyl (C=O) groups excluding carboxylic acids is 1. The molecule has 0 bridgehead atoms. The van der Waals surface area contributed by atoms with Crippen molar-refractivity contribution in [2.45, 2.75) is 12.8 Å². The van der Waals surface area contributed by atoms with Crippen LogP contribution in [0.15, 0.2) is 30.3 Å². The van der Waals surface area contributed by atoms with Gasteiger partial charge in [0.1, 0.15) is 5.75 Å². The van der Waals surface area contributed by atoms with Crippen LogP contribution in [0.25, 0.3) is 0 Å². The van der Waals surface area contributed by atoms with Crippen LogP contribution in [0.2, 0.25) is 0 Å². The number of carbonyl (C=O) groups is 1. The molecule has 3 rings (SSSR count). The fourth-order valence-corrected chi connectivity index (χ4v) is 2.65. The Kier molecular flexibility index (Phi) is 2.96. The van der Waals surface area contributed by atoms with Crippen molar-refractivity contribution in [2.24, 2.45) is 5.41 Å². The first-order chi connectivity index (χ1) is 8.77. The highest BCUT2D eigenvalue weighted by Crippen LogP contribution is 2.35. The summed E-state index contributed by atoms with van der Waals surface area (Å²) in [6.45, 7) is 3.84. The molecule has 1 amide bonds. The van der Waals surface area contributed by atoms with Crippen molar-refractivity contribution in [3.8, 4) is 5.75 Å². The number of likely N-dealkylation sites (tertiary alicyclic amines) is 1. The first-order valence-electron chi connectivity index (χ1n) is 6.50. The second-order valence-electron chi connectivity index (χ2n) is 5.27. The van der Waals surface area contributed by atoms with Crippen molar-refractivity contribution in [3.05, 3.63) is 30.3 Å². The van der Waals surface area contributed by atoms with Crippen molar-refractivity contribution < 1.29 is 9.53 Å². The van der Waals surface area contributed by atoms with Gasteiger partial charge in [0.25, 0.3) is 0 Å². The van der Waals surface area contributed by atoms with Crippen molar-refractivity contribution in [3.63, 3.8) is 0 Å². The van der Waals surface area contributed by atoms with Crippen molar-refractivity contribution >= 4 is 6.09 Å². The molecule has 0 aromatic heterocycles. The molecular weight excluding hydrogens is 228 g/mol. The van der Waals surface area contributed by atoms with E-state index in [-0.39, 0.29) is 6.09 Å². The van der Waals surface area contributed by atoms with Crippen LogP contribution in [0.3, 0.4) is 0 Å². The number of hydrogen-bond acceptors (Lipinski definition) is 3. The van der Waals surface area contributed by atoms with Crippen LogP contribution in [-0.2, 0) is 0 Å². The molecule has 96 valence electrons. The Bertz CT molecular complexity index is 419. The summed E-state index contributed by atoms with van der Waals surface area (Å²) in [5, 5.41) is 3.32. The van der Waals surface area contributed by atoms with Gasteiger partial charge in [0.2, 0.25) is 0 Å². The van der Waals surface area contributed by atoms with E-state index in [4.69, 9.17) is 4.74 Å². The molecule has 2 saturated heterocycles. The summed E-state index contributed by atoms with van der Waals surface area (Å²) in [6.07, 6.45) is 1.96. The molecule has 18 heavy (non-hydrogen) atoms. The normalized spacial score (nSPS) is 21.4. The Hall–Kier alpha value is -1.55. The molecular formula is C14H18N2O2. The van der Waals surface area contributed by atoms with Gasteiger partial charge in [-0.3, -0.25) is 0 Å². The van der Waals surface area contributed by atoms with Gasteiger partial charge in [-0.15, -0.1) is 0 Å². The number of ether oxygens (including phenoxy) is 1. The lowest BCUT2D eigenvalue weighted by molar-refractivity contribution is 0.0569. The van der Waals surface area contributed by atoms with Gasteiger partial charge in [0.05, 0.1) is 0 Å². The van der Waals surface area contributed by atoms with E-state index in [1.165, 1.54) is 0 Å². The average molecular weight is 246 g/mol. The predicted octanol–water partition coefficient (Wildman–Crippen LogP) is 1.87. The zero-order chi connectivity index (χ0) is 12.4. The molecule has 2 fully saturated rings. The van der Waals surface area contributed by atoms with Gasteiger partial charge >= 0.3 is 6.09 Å². The summed E-state index contributed by atoms with van der Waals surface area (Å²) in [6, 6.07) is 9.26. The molecule has 1 aromatic carbocycles. The van der Waals surface area contributed by atoms with Crippen LogP contribution < -0.4 is 10.1 Å². The number of nitrogens with zero attached hydrogens (tertiary/aromatic N) is 1. The topological polar surface area (TPSA) is 41.6 Å². The van der Waals surface area contributed by atoms with Gasteiger partial charge < -0.3 is 15.0 Å². The molecule has 0 atom stereocenters. The molecule has 0 unspecified atom stereocenters. The number of rotatable bonds is 1. The lowest BCUT2D eigenvalue weighted by Crippen LogP contribution is -2.59. The van der Waals surface area contributed by atoms with E-state index >= 15 is 0 Å². The molecule has 1 spiro atoms. The monoisotopic (exact) mass is 246 g/mol. The van der Waals surface area contributed by atoms with Gasteiger partial charge in [-0.2, -0.15) is 0 Å². The van der Waals surface area contributed by atoms with E-state index in [0.717, 1.165) is 39.0 Å². The molecule has 4 heteroatoms. The maximum atomic E-state index is 12.0. The lowest BCUT2D eigenvalue weighted by atomic mass is 9.73. The quantitative estimate of drug-likeness (QED) is 0.822.